The number of anilines is 1. The summed E-state index contributed by atoms with van der Waals surface area (Å²) in [4.78, 5) is 31.8. The van der Waals surface area contributed by atoms with Gasteiger partial charge in [-0.25, -0.2) is 13.5 Å². The number of carbonyl (C=O) groups excluding carboxylic acids is 1. The van der Waals surface area contributed by atoms with Crippen LogP contribution >= 0.6 is 11.6 Å². The molecule has 7 aliphatic rings. The molecular formula is C38H42ClF2N7O4. The average molecular weight is 734 g/mol. The molecule has 0 radical (unpaired) electrons. The van der Waals surface area contributed by atoms with Crippen LogP contribution in [-0.4, -0.2) is 92.8 Å². The fourth-order valence-corrected chi connectivity index (χ4v) is 10.1. The van der Waals surface area contributed by atoms with Gasteiger partial charge in [0.25, 0.3) is 0 Å². The molecule has 0 amide bonds. The van der Waals surface area contributed by atoms with E-state index in [9.17, 15) is 9.18 Å². The highest BCUT2D eigenvalue weighted by atomic mass is 35.5. The van der Waals surface area contributed by atoms with Gasteiger partial charge < -0.3 is 19.1 Å². The van der Waals surface area contributed by atoms with Crippen LogP contribution in [0.4, 0.5) is 14.6 Å². The molecule has 5 fully saturated rings. The molecule has 1 unspecified atom stereocenters. The summed E-state index contributed by atoms with van der Waals surface area (Å²) in [5.41, 5.74) is 1.95. The fraction of sp³-hybridized carbons (Fsp3) is 0.605. The number of nitrogens with zero attached hydrogens (tertiary/aromatic N) is 7. The van der Waals surface area contributed by atoms with Crippen LogP contribution in [0.1, 0.15) is 88.3 Å². The molecule has 11 rings (SSSR count). The molecule has 9 heterocycles. The minimum absolute atomic E-state index is 0.0168. The summed E-state index contributed by atoms with van der Waals surface area (Å²) in [6.07, 6.45) is 10.2. The summed E-state index contributed by atoms with van der Waals surface area (Å²) in [5, 5.41) is 6.44. The Morgan fingerprint density at radius 3 is 2.87 bits per heavy atom. The minimum Gasteiger partial charge on any atom is -0.461 e. The van der Waals surface area contributed by atoms with Gasteiger partial charge in [-0.3, -0.25) is 14.7 Å². The lowest BCUT2D eigenvalue weighted by Gasteiger charge is -2.34. The highest BCUT2D eigenvalue weighted by Crippen LogP contribution is 2.56. The number of hydrogen-bond donors (Lipinski definition) is 0. The van der Waals surface area contributed by atoms with E-state index in [0.717, 1.165) is 74.4 Å². The molecule has 0 spiro atoms. The van der Waals surface area contributed by atoms with Crippen LogP contribution < -0.4 is 9.64 Å². The Bertz CT molecular complexity index is 2080. The van der Waals surface area contributed by atoms with Gasteiger partial charge in [-0.15, -0.1) is 0 Å². The van der Waals surface area contributed by atoms with Crippen LogP contribution in [0.5, 0.6) is 6.01 Å². The molecule has 14 heteroatoms. The second kappa shape index (κ2) is 12.7. The zero-order chi connectivity index (χ0) is 35.1. The lowest BCUT2D eigenvalue weighted by molar-refractivity contribution is -0.149. The summed E-state index contributed by atoms with van der Waals surface area (Å²) >= 11 is 7.18. The Hall–Kier alpha value is -3.68. The van der Waals surface area contributed by atoms with Crippen LogP contribution in [0, 0.1) is 11.7 Å². The van der Waals surface area contributed by atoms with E-state index >= 15 is 4.39 Å². The summed E-state index contributed by atoms with van der Waals surface area (Å²) in [6.45, 7) is 3.13. The number of halogens is 3. The van der Waals surface area contributed by atoms with Crippen molar-refractivity contribution >= 4 is 45.2 Å². The van der Waals surface area contributed by atoms with Crippen molar-refractivity contribution in [1.82, 2.24) is 29.6 Å². The van der Waals surface area contributed by atoms with Crippen molar-refractivity contribution < 1.29 is 27.8 Å². The lowest BCUT2D eigenvalue weighted by atomic mass is 9.94. The zero-order valence-corrected chi connectivity index (χ0v) is 29.8. The van der Waals surface area contributed by atoms with Gasteiger partial charge >= 0.3 is 12.0 Å². The van der Waals surface area contributed by atoms with Gasteiger partial charge in [-0.05, 0) is 87.8 Å². The first kappa shape index (κ1) is 32.9. The highest BCUT2D eigenvalue weighted by molar-refractivity contribution is 6.33. The number of carbonyl (C=O) groups is 1. The third-order valence-electron chi connectivity index (χ3n) is 12.4. The van der Waals surface area contributed by atoms with E-state index in [-0.39, 0.29) is 54.0 Å². The molecule has 0 N–H and O–H groups in total. The first-order valence-corrected chi connectivity index (χ1v) is 19.4. The highest BCUT2D eigenvalue weighted by Gasteiger charge is 2.49. The second-order valence-corrected chi connectivity index (χ2v) is 16.1. The summed E-state index contributed by atoms with van der Waals surface area (Å²) in [5.74, 6) is -0.117. The van der Waals surface area contributed by atoms with Crippen LogP contribution in [-0.2, 0) is 14.3 Å². The van der Waals surface area contributed by atoms with Crippen molar-refractivity contribution in [2.75, 3.05) is 44.3 Å². The Labute approximate surface area is 304 Å². The van der Waals surface area contributed by atoms with Crippen molar-refractivity contribution in [3.8, 4) is 17.3 Å². The number of rotatable bonds is 4. The van der Waals surface area contributed by atoms with E-state index in [4.69, 9.17) is 45.9 Å². The predicted octanol–water partition coefficient (Wildman–Crippen LogP) is 6.90. The molecule has 6 atom stereocenters. The topological polar surface area (TPSA) is 108 Å². The number of alkyl halides is 1. The van der Waals surface area contributed by atoms with Crippen molar-refractivity contribution in [2.45, 2.75) is 101 Å². The van der Waals surface area contributed by atoms with E-state index in [2.05, 4.69) is 4.90 Å². The number of ether oxygens (including phenoxy) is 3. The standard InChI is InChI=1S/C38H42ClF2N7O4/c39-27-14-28-25(17-43-48(28)29-6-1-2-12-50-29)32-31(27)24-13-21(24)7-8-30(49)52-23-5-3-10-46(19-23)36-26-16-42-35(32)33(41)34(26)44-37(45-36)51-20-38-9-4-11-47(38)18-22(40)15-38/h14,16-17,21-24,29H,1-13,15,18-20H2/t21-,22-,23-,24+,29?,38+/m1/s1. The smallest absolute Gasteiger partial charge is 0.319 e. The Kier molecular flexibility index (Phi) is 8.06. The molecule has 11 nitrogen and oxygen atoms in total. The zero-order valence-electron chi connectivity index (χ0n) is 29.0. The maximum atomic E-state index is 17.5. The minimum atomic E-state index is -0.910. The maximum absolute atomic E-state index is 17.5. The van der Waals surface area contributed by atoms with Gasteiger partial charge in [0, 0.05) is 54.7 Å². The van der Waals surface area contributed by atoms with E-state index < -0.39 is 17.5 Å². The van der Waals surface area contributed by atoms with Gasteiger partial charge in [0.15, 0.2) is 12.0 Å². The molecule has 1 aliphatic carbocycles. The summed E-state index contributed by atoms with van der Waals surface area (Å²) in [7, 11) is 0. The summed E-state index contributed by atoms with van der Waals surface area (Å²) < 4.78 is 52.5. The van der Waals surface area contributed by atoms with Crippen molar-refractivity contribution in [3.05, 3.63) is 34.9 Å². The van der Waals surface area contributed by atoms with Crippen LogP contribution in [0.2, 0.25) is 5.02 Å². The van der Waals surface area contributed by atoms with Crippen molar-refractivity contribution in [1.29, 1.82) is 0 Å². The number of piperidine rings is 1. The Morgan fingerprint density at radius 1 is 1.06 bits per heavy atom. The first-order chi connectivity index (χ1) is 25.3. The van der Waals surface area contributed by atoms with Gasteiger partial charge in [0.2, 0.25) is 0 Å². The van der Waals surface area contributed by atoms with Gasteiger partial charge in [-0.2, -0.15) is 15.1 Å². The Morgan fingerprint density at radius 2 is 1.98 bits per heavy atom. The van der Waals surface area contributed by atoms with Crippen LogP contribution in [0.15, 0.2) is 18.5 Å². The molecule has 274 valence electrons. The normalized spacial score (nSPS) is 30.5. The van der Waals surface area contributed by atoms with Crippen molar-refractivity contribution in [3.63, 3.8) is 0 Å². The quantitative estimate of drug-likeness (QED) is 0.206. The first-order valence-electron chi connectivity index (χ1n) is 19.0. The van der Waals surface area contributed by atoms with E-state index in [1.54, 1.807) is 12.4 Å². The molecule has 6 bridgehead atoms. The molecule has 3 aromatic heterocycles. The number of hydrogen-bond acceptors (Lipinski definition) is 10. The van der Waals surface area contributed by atoms with Gasteiger partial charge in [0.1, 0.15) is 35.9 Å². The third kappa shape index (κ3) is 5.52. The molecule has 1 aromatic carbocycles. The molecule has 1 saturated carbocycles. The Balaban J connectivity index is 1.15. The number of esters is 1. The fourth-order valence-electron chi connectivity index (χ4n) is 9.78. The van der Waals surface area contributed by atoms with E-state index in [1.807, 2.05) is 15.6 Å². The van der Waals surface area contributed by atoms with E-state index in [0.29, 0.717) is 67.3 Å². The van der Waals surface area contributed by atoms with Gasteiger partial charge in [0.05, 0.1) is 29.2 Å². The largest absolute Gasteiger partial charge is 0.461 e. The molecule has 6 aliphatic heterocycles. The number of benzene rings is 1. The monoisotopic (exact) mass is 733 g/mol. The van der Waals surface area contributed by atoms with E-state index in [1.165, 1.54) is 0 Å². The molecule has 52 heavy (non-hydrogen) atoms. The summed E-state index contributed by atoms with van der Waals surface area (Å²) in [6, 6.07) is 1.95. The van der Waals surface area contributed by atoms with Gasteiger partial charge in [-0.1, -0.05) is 11.6 Å². The maximum Gasteiger partial charge on any atom is 0.319 e. The second-order valence-electron chi connectivity index (χ2n) is 15.7. The number of fused-ring (bicyclic) bond motifs is 6. The average Bonchev–Trinajstić information content (AvgIpc) is 3.43. The SMILES string of the molecule is O=C1CC[C@@H]2C[C@@H]2c2c(Cl)cc3c(cnn3C3CCCCO3)c2-c2ncc3c(nc(OC[C@@]45CCCN4C[C@H](F)C5)nc3c2F)N2CCC[C@H](C2)O1. The molecule has 4 saturated heterocycles. The van der Waals surface area contributed by atoms with Crippen molar-refractivity contribution in [2.24, 2.45) is 5.92 Å². The number of aromatic nitrogens is 5. The van der Waals surface area contributed by atoms with Crippen LogP contribution in [0.25, 0.3) is 33.1 Å². The third-order valence-corrected chi connectivity index (χ3v) is 12.7. The lowest BCUT2D eigenvalue weighted by Crippen LogP contribution is -2.43. The number of pyridine rings is 1. The molecule has 4 aromatic rings. The van der Waals surface area contributed by atoms with Crippen LogP contribution in [0.3, 0.4) is 0 Å². The molecular weight excluding hydrogens is 692 g/mol. The predicted molar refractivity (Wildman–Crippen MR) is 190 cm³/mol.